The Bertz CT molecular complexity index is 1760. The van der Waals surface area contributed by atoms with E-state index in [0.29, 0.717) is 29.1 Å². The SMILES string of the molecule is C=[N+]1N=Cc2c1n(CCC1CCCO1)c(=O)c1cc(C)cc(C(C)Nc3ccc(Cl)nc3-c3noc(=O)[nH]3)c21. The van der Waals surface area contributed by atoms with E-state index in [9.17, 15) is 9.59 Å². The van der Waals surface area contributed by atoms with Gasteiger partial charge in [0.25, 0.3) is 0 Å². The molecule has 0 saturated carbocycles. The molecular weight excluding hydrogens is 522 g/mol. The molecule has 0 aliphatic carbocycles. The Morgan fingerprint density at radius 1 is 1.33 bits per heavy atom. The lowest BCUT2D eigenvalue weighted by atomic mass is 9.94. The fourth-order valence-corrected chi connectivity index (χ4v) is 5.58. The van der Waals surface area contributed by atoms with Crippen LogP contribution in [0.1, 0.15) is 48.9 Å². The van der Waals surface area contributed by atoms with Gasteiger partial charge in [-0.2, -0.15) is 4.57 Å². The Kier molecular flexibility index (Phi) is 6.40. The van der Waals surface area contributed by atoms with Crippen molar-refractivity contribution in [1.82, 2.24) is 19.7 Å². The van der Waals surface area contributed by atoms with Gasteiger partial charge in [0.1, 0.15) is 10.8 Å². The predicted molar refractivity (Wildman–Crippen MR) is 149 cm³/mol. The highest BCUT2D eigenvalue weighted by Gasteiger charge is 2.32. The standard InChI is InChI=1S/C27H26ClN7O4/c1-14-11-17(15(2)30-20-6-7-21(28)31-23(20)24-32-27(37)39-33-24)22-18(12-14)26(36)35(9-8-16-5-4-10-38-16)25-19(22)13-29-34(25)3/h6-7,11-13,15-16H,3-5,8-10H2,1-2H3,(H-,30,32,33,37)/p+1. The molecule has 0 radical (unpaired) electrons. The molecular formula is C27H27ClN7O4+. The van der Waals surface area contributed by atoms with Gasteiger partial charge in [0.05, 0.1) is 42.2 Å². The average molecular weight is 549 g/mol. The monoisotopic (exact) mass is 548 g/mol. The lowest BCUT2D eigenvalue weighted by Crippen LogP contribution is -2.26. The van der Waals surface area contributed by atoms with Crippen LogP contribution in [0.2, 0.25) is 5.15 Å². The van der Waals surface area contributed by atoms with Crippen molar-refractivity contribution in [2.24, 2.45) is 5.10 Å². The van der Waals surface area contributed by atoms with Crippen molar-refractivity contribution in [2.45, 2.75) is 51.8 Å². The van der Waals surface area contributed by atoms with Crippen LogP contribution in [0.15, 0.2) is 43.5 Å². The molecule has 0 bridgehead atoms. The molecule has 3 aromatic heterocycles. The van der Waals surface area contributed by atoms with Gasteiger partial charge in [0.2, 0.25) is 5.82 Å². The number of fused-ring (bicyclic) bond motifs is 3. The number of aromatic amines is 1. The number of H-pyrrole nitrogens is 1. The van der Waals surface area contributed by atoms with Crippen molar-refractivity contribution in [3.63, 3.8) is 0 Å². The third kappa shape index (κ3) is 4.57. The summed E-state index contributed by atoms with van der Waals surface area (Å²) in [6.45, 7) is 9.29. The minimum atomic E-state index is -0.696. The summed E-state index contributed by atoms with van der Waals surface area (Å²) in [4.78, 5) is 32.4. The van der Waals surface area contributed by atoms with Gasteiger partial charge in [-0.25, -0.2) is 14.6 Å². The Labute approximate surface area is 227 Å². The summed E-state index contributed by atoms with van der Waals surface area (Å²) < 4.78 is 13.7. The number of ether oxygens (including phenoxy) is 1. The number of rotatable bonds is 7. The normalized spacial score (nSPS) is 17.2. The molecule has 2 N–H and O–H groups in total. The van der Waals surface area contributed by atoms with Crippen LogP contribution >= 0.6 is 11.6 Å². The first-order valence-electron chi connectivity index (χ1n) is 12.8. The summed E-state index contributed by atoms with van der Waals surface area (Å²) in [5, 5.41) is 13.3. The zero-order chi connectivity index (χ0) is 27.3. The summed E-state index contributed by atoms with van der Waals surface area (Å²) in [5.74, 6) is 0.122. The number of aryl methyl sites for hydroxylation is 1. The topological polar surface area (TPSA) is 130 Å². The summed E-state index contributed by atoms with van der Waals surface area (Å²) in [7, 11) is 0. The molecule has 2 aliphatic heterocycles. The van der Waals surface area contributed by atoms with Crippen LogP contribution in [0.25, 0.3) is 22.3 Å². The van der Waals surface area contributed by atoms with Crippen LogP contribution in [-0.2, 0) is 11.3 Å². The van der Waals surface area contributed by atoms with E-state index >= 15 is 0 Å². The molecule has 2 atom stereocenters. The van der Waals surface area contributed by atoms with Gasteiger partial charge < -0.3 is 10.1 Å². The molecule has 0 spiro atoms. The number of hydrogen-bond donors (Lipinski definition) is 2. The lowest BCUT2D eigenvalue weighted by Gasteiger charge is -2.21. The van der Waals surface area contributed by atoms with Gasteiger partial charge >= 0.3 is 17.1 Å². The quantitative estimate of drug-likeness (QED) is 0.262. The van der Waals surface area contributed by atoms with E-state index in [-0.39, 0.29) is 28.7 Å². The highest BCUT2D eigenvalue weighted by molar-refractivity contribution is 6.29. The van der Waals surface area contributed by atoms with Crippen molar-refractivity contribution < 1.29 is 13.9 Å². The minimum Gasteiger partial charge on any atom is -0.378 e. The maximum atomic E-state index is 13.9. The third-order valence-corrected chi connectivity index (χ3v) is 7.40. The maximum Gasteiger partial charge on any atom is 0.439 e. The fraction of sp³-hybridized carbons (Fsp3) is 0.333. The second-order valence-electron chi connectivity index (χ2n) is 9.88. The Balaban J connectivity index is 1.45. The molecule has 1 fully saturated rings. The molecule has 1 saturated heterocycles. The molecule has 200 valence electrons. The maximum absolute atomic E-state index is 13.9. The molecule has 1 aromatic carbocycles. The summed E-state index contributed by atoms with van der Waals surface area (Å²) in [6, 6.07) is 7.09. The number of aromatic nitrogens is 4. The van der Waals surface area contributed by atoms with Gasteiger partial charge in [-0.05, 0) is 56.0 Å². The van der Waals surface area contributed by atoms with Gasteiger partial charge in [-0.15, -0.1) is 4.68 Å². The van der Waals surface area contributed by atoms with E-state index < -0.39 is 5.76 Å². The second-order valence-corrected chi connectivity index (χ2v) is 10.3. The van der Waals surface area contributed by atoms with Crippen LogP contribution in [0.3, 0.4) is 0 Å². The number of anilines is 1. The number of benzene rings is 1. The van der Waals surface area contributed by atoms with E-state index in [1.165, 1.54) is 4.68 Å². The summed E-state index contributed by atoms with van der Waals surface area (Å²) in [5.41, 5.74) is 3.52. The fourth-order valence-electron chi connectivity index (χ4n) is 5.43. The molecule has 2 unspecified atom stereocenters. The summed E-state index contributed by atoms with van der Waals surface area (Å²) in [6.07, 6.45) is 4.71. The number of hydrogen-bond acceptors (Lipinski definition) is 8. The van der Waals surface area contributed by atoms with Crippen LogP contribution in [0.4, 0.5) is 11.5 Å². The number of pyridine rings is 2. The third-order valence-electron chi connectivity index (χ3n) is 7.19. The van der Waals surface area contributed by atoms with Gasteiger partial charge in [-0.1, -0.05) is 27.9 Å². The van der Waals surface area contributed by atoms with Crippen molar-refractivity contribution in [3.05, 3.63) is 67.0 Å². The van der Waals surface area contributed by atoms with Crippen molar-refractivity contribution >= 4 is 46.8 Å². The molecule has 39 heavy (non-hydrogen) atoms. The molecule has 2 aliphatic rings. The Morgan fingerprint density at radius 2 is 2.18 bits per heavy atom. The van der Waals surface area contributed by atoms with Crippen LogP contribution in [0.5, 0.6) is 0 Å². The van der Waals surface area contributed by atoms with Crippen molar-refractivity contribution in [2.75, 3.05) is 11.9 Å². The second kappa shape index (κ2) is 9.90. The molecule has 0 amide bonds. The first-order chi connectivity index (χ1) is 18.8. The zero-order valence-corrected chi connectivity index (χ0v) is 22.3. The summed E-state index contributed by atoms with van der Waals surface area (Å²) >= 11 is 6.14. The van der Waals surface area contributed by atoms with E-state index in [2.05, 4.69) is 42.8 Å². The number of hydrazone groups is 1. The Morgan fingerprint density at radius 3 is 2.92 bits per heavy atom. The average Bonchev–Trinajstić information content (AvgIpc) is 3.67. The van der Waals surface area contributed by atoms with E-state index in [4.69, 9.17) is 16.3 Å². The molecule has 5 heterocycles. The highest BCUT2D eigenvalue weighted by atomic mass is 35.5. The molecule has 4 aromatic rings. The van der Waals surface area contributed by atoms with Crippen LogP contribution < -0.4 is 16.6 Å². The highest BCUT2D eigenvalue weighted by Crippen LogP contribution is 2.36. The molecule has 11 nitrogen and oxygen atoms in total. The van der Waals surface area contributed by atoms with E-state index in [0.717, 1.165) is 47.9 Å². The van der Waals surface area contributed by atoms with E-state index in [1.807, 2.05) is 19.9 Å². The van der Waals surface area contributed by atoms with Crippen molar-refractivity contribution in [1.29, 1.82) is 0 Å². The largest absolute Gasteiger partial charge is 0.439 e. The van der Waals surface area contributed by atoms with Gasteiger partial charge in [0.15, 0.2) is 0 Å². The molecule has 6 rings (SSSR count). The molecule has 12 heteroatoms. The first-order valence-corrected chi connectivity index (χ1v) is 13.1. The van der Waals surface area contributed by atoms with Crippen LogP contribution in [0, 0.1) is 6.92 Å². The lowest BCUT2D eigenvalue weighted by molar-refractivity contribution is -0.437. The van der Waals surface area contributed by atoms with Crippen LogP contribution in [-0.4, -0.2) is 50.0 Å². The number of nitrogens with one attached hydrogen (secondary N) is 2. The number of halogens is 1. The van der Waals surface area contributed by atoms with Gasteiger partial charge in [0, 0.05) is 24.5 Å². The van der Waals surface area contributed by atoms with Gasteiger partial charge in [-0.3, -0.25) is 9.51 Å². The number of nitrogens with zero attached hydrogens (tertiary/aromatic N) is 5. The Hall–Kier alpha value is -4.09. The smallest absolute Gasteiger partial charge is 0.378 e. The first kappa shape index (κ1) is 25.2. The zero-order valence-electron chi connectivity index (χ0n) is 21.5. The van der Waals surface area contributed by atoms with E-state index in [1.54, 1.807) is 22.9 Å². The minimum absolute atomic E-state index is 0.0907. The van der Waals surface area contributed by atoms with Crippen molar-refractivity contribution in [3.8, 4) is 11.5 Å². The predicted octanol–water partition coefficient (Wildman–Crippen LogP) is 4.14.